The second kappa shape index (κ2) is 7.77. The maximum absolute atomic E-state index is 13.2. The van der Waals surface area contributed by atoms with Crippen molar-refractivity contribution in [1.29, 1.82) is 0 Å². The minimum Gasteiger partial charge on any atom is -0.349 e. The summed E-state index contributed by atoms with van der Waals surface area (Å²) in [5.41, 5.74) is 3.03. The van der Waals surface area contributed by atoms with Gasteiger partial charge < -0.3 is 10.2 Å². The number of nitrogens with one attached hydrogen (secondary N) is 1. The third-order valence-electron chi connectivity index (χ3n) is 6.04. The van der Waals surface area contributed by atoms with Crippen molar-refractivity contribution in [2.45, 2.75) is 37.8 Å². The van der Waals surface area contributed by atoms with Gasteiger partial charge in [-0.1, -0.05) is 48.0 Å². The van der Waals surface area contributed by atoms with E-state index < -0.39 is 0 Å². The minimum atomic E-state index is -0.0261. The first-order valence-corrected chi connectivity index (χ1v) is 10.8. The summed E-state index contributed by atoms with van der Waals surface area (Å²) < 4.78 is 0. The Morgan fingerprint density at radius 1 is 1.00 bits per heavy atom. The smallest absolute Gasteiger partial charge is 0.252 e. The molecule has 3 aromatic rings. The molecular formula is C24H24ClN3O. The summed E-state index contributed by atoms with van der Waals surface area (Å²) in [5, 5.41) is 4.78. The highest BCUT2D eigenvalue weighted by Crippen LogP contribution is 2.31. The number of pyridine rings is 1. The summed E-state index contributed by atoms with van der Waals surface area (Å²) in [6, 6.07) is 18.3. The van der Waals surface area contributed by atoms with Crippen LogP contribution in [-0.2, 0) is 0 Å². The Kier molecular flexibility index (Phi) is 4.98. The summed E-state index contributed by atoms with van der Waals surface area (Å²) in [7, 11) is 0. The van der Waals surface area contributed by atoms with Crippen molar-refractivity contribution in [1.82, 2.24) is 15.2 Å². The number of piperidine rings is 1. The molecule has 2 fully saturated rings. The van der Waals surface area contributed by atoms with E-state index in [2.05, 4.69) is 10.2 Å². The Hall–Kier alpha value is -2.43. The van der Waals surface area contributed by atoms with Crippen LogP contribution >= 0.6 is 11.6 Å². The Labute approximate surface area is 175 Å². The molecule has 2 aromatic carbocycles. The molecule has 1 aromatic heterocycles. The van der Waals surface area contributed by atoms with E-state index in [9.17, 15) is 4.79 Å². The molecule has 0 unspecified atom stereocenters. The Morgan fingerprint density at radius 2 is 1.72 bits per heavy atom. The van der Waals surface area contributed by atoms with Crippen molar-refractivity contribution in [3.63, 3.8) is 0 Å². The first kappa shape index (κ1) is 18.6. The molecule has 1 aliphatic carbocycles. The van der Waals surface area contributed by atoms with Gasteiger partial charge in [0.15, 0.2) is 0 Å². The average Bonchev–Trinajstić information content (AvgIpc) is 3.59. The summed E-state index contributed by atoms with van der Waals surface area (Å²) >= 11 is 6.40. The third-order valence-corrected chi connectivity index (χ3v) is 6.37. The molecule has 2 aliphatic rings. The fourth-order valence-corrected chi connectivity index (χ4v) is 4.51. The molecule has 1 aliphatic heterocycles. The van der Waals surface area contributed by atoms with E-state index in [-0.39, 0.29) is 11.9 Å². The number of aromatic nitrogens is 1. The molecule has 5 rings (SSSR count). The average molecular weight is 406 g/mol. The van der Waals surface area contributed by atoms with Crippen LogP contribution in [0.3, 0.4) is 0 Å². The van der Waals surface area contributed by atoms with Gasteiger partial charge in [-0.05, 0) is 43.9 Å². The lowest BCUT2D eigenvalue weighted by Gasteiger charge is -2.32. The van der Waals surface area contributed by atoms with Gasteiger partial charge >= 0.3 is 0 Å². The van der Waals surface area contributed by atoms with Crippen LogP contribution < -0.4 is 5.32 Å². The Balaban J connectivity index is 1.44. The number of rotatable bonds is 4. The molecule has 148 valence electrons. The summed E-state index contributed by atoms with van der Waals surface area (Å²) in [6.45, 7) is 2.16. The van der Waals surface area contributed by atoms with Gasteiger partial charge in [0.05, 0.1) is 16.8 Å². The third kappa shape index (κ3) is 3.87. The Bertz CT molecular complexity index is 1050. The van der Waals surface area contributed by atoms with Gasteiger partial charge in [0.25, 0.3) is 5.91 Å². The fourth-order valence-electron chi connectivity index (χ4n) is 4.28. The van der Waals surface area contributed by atoms with Crippen LogP contribution in [0.2, 0.25) is 5.02 Å². The molecule has 1 N–H and O–H groups in total. The van der Waals surface area contributed by atoms with Crippen molar-refractivity contribution in [3.05, 3.63) is 65.2 Å². The number of hydrogen-bond acceptors (Lipinski definition) is 3. The fraction of sp³-hybridized carbons (Fsp3) is 0.333. The summed E-state index contributed by atoms with van der Waals surface area (Å²) in [4.78, 5) is 20.6. The van der Waals surface area contributed by atoms with Crippen LogP contribution in [0.25, 0.3) is 22.2 Å². The molecule has 0 bridgehead atoms. The van der Waals surface area contributed by atoms with E-state index in [4.69, 9.17) is 16.6 Å². The molecule has 0 spiro atoms. The number of benzene rings is 2. The van der Waals surface area contributed by atoms with Gasteiger partial charge in [-0.25, -0.2) is 4.98 Å². The first-order chi connectivity index (χ1) is 14.2. The highest BCUT2D eigenvalue weighted by Gasteiger charge is 2.32. The number of halogens is 1. The van der Waals surface area contributed by atoms with Gasteiger partial charge in [0, 0.05) is 41.1 Å². The quantitative estimate of drug-likeness (QED) is 0.670. The van der Waals surface area contributed by atoms with Crippen LogP contribution in [0, 0.1) is 0 Å². The highest BCUT2D eigenvalue weighted by molar-refractivity contribution is 6.33. The molecular weight excluding hydrogens is 382 g/mol. The molecule has 1 saturated carbocycles. The van der Waals surface area contributed by atoms with E-state index in [0.29, 0.717) is 10.6 Å². The largest absolute Gasteiger partial charge is 0.349 e. The van der Waals surface area contributed by atoms with Gasteiger partial charge in [-0.15, -0.1) is 0 Å². The summed E-state index contributed by atoms with van der Waals surface area (Å²) in [5.74, 6) is -0.0261. The molecule has 0 atom stereocenters. The molecule has 2 heterocycles. The lowest BCUT2D eigenvalue weighted by atomic mass is 10.0. The zero-order chi connectivity index (χ0) is 19.8. The lowest BCUT2D eigenvalue weighted by molar-refractivity contribution is 0.0910. The highest BCUT2D eigenvalue weighted by atomic mass is 35.5. The second-order valence-electron chi connectivity index (χ2n) is 8.07. The topological polar surface area (TPSA) is 45.2 Å². The molecule has 1 amide bonds. The zero-order valence-corrected chi connectivity index (χ0v) is 17.0. The molecule has 29 heavy (non-hydrogen) atoms. The SMILES string of the molecule is O=C(NC1CCN(C2CC2)CC1)c1cc(-c2ccccc2Cl)nc2ccccc12. The number of para-hydroxylation sites is 1. The van der Waals surface area contributed by atoms with E-state index in [1.807, 2.05) is 54.6 Å². The van der Waals surface area contributed by atoms with E-state index in [0.717, 1.165) is 54.1 Å². The van der Waals surface area contributed by atoms with Gasteiger partial charge in [-0.2, -0.15) is 0 Å². The van der Waals surface area contributed by atoms with Crippen LogP contribution in [0.5, 0.6) is 0 Å². The molecule has 0 radical (unpaired) electrons. The maximum Gasteiger partial charge on any atom is 0.252 e. The minimum absolute atomic E-state index is 0.0261. The van der Waals surface area contributed by atoms with Gasteiger partial charge in [0.1, 0.15) is 0 Å². The molecule has 5 heteroatoms. The van der Waals surface area contributed by atoms with Crippen molar-refractivity contribution in [2.24, 2.45) is 0 Å². The standard InChI is InChI=1S/C24H24ClN3O/c25-21-7-3-1-6-19(21)23-15-20(18-5-2-4-8-22(18)27-23)24(29)26-16-11-13-28(14-12-16)17-9-10-17/h1-8,15-17H,9-14H2,(H,26,29). The number of carbonyl (C=O) groups excluding carboxylic acids is 1. The van der Waals surface area contributed by atoms with Crippen LogP contribution in [-0.4, -0.2) is 41.0 Å². The number of amides is 1. The number of fused-ring (bicyclic) bond motifs is 1. The van der Waals surface area contributed by atoms with Gasteiger partial charge in [0.2, 0.25) is 0 Å². The predicted octanol–water partition coefficient (Wildman–Crippen LogP) is 4.91. The normalized spacial score (nSPS) is 18.1. The number of nitrogens with zero attached hydrogens (tertiary/aromatic N) is 2. The van der Waals surface area contributed by atoms with Crippen molar-refractivity contribution in [3.8, 4) is 11.3 Å². The van der Waals surface area contributed by atoms with E-state index >= 15 is 0 Å². The number of likely N-dealkylation sites (tertiary alicyclic amines) is 1. The predicted molar refractivity (Wildman–Crippen MR) is 117 cm³/mol. The number of carbonyl (C=O) groups is 1. The van der Waals surface area contributed by atoms with Crippen molar-refractivity contribution < 1.29 is 4.79 Å². The zero-order valence-electron chi connectivity index (χ0n) is 16.3. The second-order valence-corrected chi connectivity index (χ2v) is 8.47. The van der Waals surface area contributed by atoms with Crippen molar-refractivity contribution >= 4 is 28.4 Å². The lowest BCUT2D eigenvalue weighted by Crippen LogP contribution is -2.45. The number of hydrogen-bond donors (Lipinski definition) is 1. The maximum atomic E-state index is 13.2. The van der Waals surface area contributed by atoms with Gasteiger partial charge in [-0.3, -0.25) is 4.79 Å². The van der Waals surface area contributed by atoms with E-state index in [1.165, 1.54) is 12.8 Å². The van der Waals surface area contributed by atoms with E-state index in [1.54, 1.807) is 0 Å². The monoisotopic (exact) mass is 405 g/mol. The Morgan fingerprint density at radius 3 is 2.48 bits per heavy atom. The molecule has 1 saturated heterocycles. The van der Waals surface area contributed by atoms with Crippen molar-refractivity contribution in [2.75, 3.05) is 13.1 Å². The van der Waals surface area contributed by atoms with Crippen LogP contribution in [0.15, 0.2) is 54.6 Å². The van der Waals surface area contributed by atoms with Crippen LogP contribution in [0.4, 0.5) is 0 Å². The first-order valence-electron chi connectivity index (χ1n) is 10.4. The van der Waals surface area contributed by atoms with Crippen LogP contribution in [0.1, 0.15) is 36.0 Å². The molecule has 4 nitrogen and oxygen atoms in total. The summed E-state index contributed by atoms with van der Waals surface area (Å²) in [6.07, 6.45) is 4.71.